The van der Waals surface area contributed by atoms with Gasteiger partial charge in [0.05, 0.1) is 9.50 Å². The highest BCUT2D eigenvalue weighted by atomic mass is 79.9. The van der Waals surface area contributed by atoms with Crippen molar-refractivity contribution in [3.05, 3.63) is 26.7 Å². The van der Waals surface area contributed by atoms with E-state index in [4.69, 9.17) is 27.9 Å². The van der Waals surface area contributed by atoms with Crippen LogP contribution in [0.1, 0.15) is 27.2 Å². The Hall–Kier alpha value is -1.38. The minimum Gasteiger partial charge on any atom is -0.444 e. The van der Waals surface area contributed by atoms with Crippen molar-refractivity contribution >= 4 is 61.9 Å². The van der Waals surface area contributed by atoms with E-state index in [-0.39, 0.29) is 31.8 Å². The van der Waals surface area contributed by atoms with Crippen molar-refractivity contribution in [3.63, 3.8) is 0 Å². The fourth-order valence-electron chi connectivity index (χ4n) is 3.96. The lowest BCUT2D eigenvalue weighted by Crippen LogP contribution is -2.60. The number of benzene rings is 1. The number of fused-ring (bicyclic) bond motifs is 1. The molecule has 1 amide bonds. The average molecular weight is 506 g/mol. The van der Waals surface area contributed by atoms with Crippen molar-refractivity contribution in [2.75, 3.05) is 31.1 Å². The molecule has 29 heavy (non-hydrogen) atoms. The number of halogens is 4. The number of rotatable bonds is 1. The molecule has 6 nitrogen and oxygen atoms in total. The Morgan fingerprint density at radius 3 is 2.62 bits per heavy atom. The third-order valence-corrected chi connectivity index (χ3v) is 6.69. The molecule has 1 aromatic heterocycles. The molecule has 4 rings (SSSR count). The van der Waals surface area contributed by atoms with E-state index in [0.717, 1.165) is 13.0 Å². The van der Waals surface area contributed by atoms with Crippen LogP contribution in [-0.4, -0.2) is 52.7 Å². The van der Waals surface area contributed by atoms with Crippen molar-refractivity contribution in [1.82, 2.24) is 14.9 Å². The zero-order valence-corrected chi connectivity index (χ0v) is 19.3. The highest BCUT2D eigenvalue weighted by Gasteiger charge is 2.50. The molecule has 0 N–H and O–H groups in total. The van der Waals surface area contributed by atoms with Crippen LogP contribution < -0.4 is 4.90 Å². The van der Waals surface area contributed by atoms with Crippen molar-refractivity contribution in [1.29, 1.82) is 0 Å². The van der Waals surface area contributed by atoms with Gasteiger partial charge in [-0.1, -0.05) is 11.6 Å². The number of ether oxygens (including phenoxy) is 1. The van der Waals surface area contributed by atoms with Crippen LogP contribution in [0.5, 0.6) is 0 Å². The molecule has 0 atom stereocenters. The van der Waals surface area contributed by atoms with Crippen LogP contribution in [0, 0.1) is 11.2 Å². The number of hydrogen-bond acceptors (Lipinski definition) is 5. The molecule has 0 bridgehead atoms. The summed E-state index contributed by atoms with van der Waals surface area (Å²) >= 11 is 15.4. The fraction of sp³-hybridized carbons (Fsp3) is 0.526. The van der Waals surface area contributed by atoms with Crippen LogP contribution in [0.25, 0.3) is 10.9 Å². The smallest absolute Gasteiger partial charge is 0.410 e. The van der Waals surface area contributed by atoms with Gasteiger partial charge in [-0.25, -0.2) is 14.2 Å². The third-order valence-electron chi connectivity index (χ3n) is 5.22. The van der Waals surface area contributed by atoms with E-state index in [1.807, 2.05) is 20.8 Å². The maximum atomic E-state index is 14.7. The summed E-state index contributed by atoms with van der Waals surface area (Å²) in [5.74, 6) is -0.00685. The zero-order valence-electron chi connectivity index (χ0n) is 16.2. The summed E-state index contributed by atoms with van der Waals surface area (Å²) in [6.45, 7) is 8.20. The van der Waals surface area contributed by atoms with E-state index in [0.29, 0.717) is 30.8 Å². The SMILES string of the molecule is CC(C)(C)OC(=O)N1CC2(CCN(c3nc(Cl)nc4c(F)c(Br)c(Cl)cc34)C2)C1. The third kappa shape index (κ3) is 3.86. The Labute approximate surface area is 186 Å². The molecule has 1 aromatic carbocycles. The second-order valence-electron chi connectivity index (χ2n) is 8.71. The Balaban J connectivity index is 1.56. The van der Waals surface area contributed by atoms with E-state index in [2.05, 4.69) is 30.8 Å². The number of likely N-dealkylation sites (tertiary alicyclic amines) is 1. The standard InChI is InChI=1S/C19H20BrCl2FN4O2/c1-18(2,3)29-17(28)27-8-19(9-27)4-5-26(7-19)15-10-6-11(21)12(20)13(23)14(10)24-16(22)25-15/h6H,4-5,7-9H2,1-3H3. The predicted octanol–water partition coefficient (Wildman–Crippen LogP) is 5.29. The van der Waals surface area contributed by atoms with E-state index >= 15 is 0 Å². The van der Waals surface area contributed by atoms with Gasteiger partial charge in [-0.15, -0.1) is 0 Å². The van der Waals surface area contributed by atoms with E-state index < -0.39 is 11.4 Å². The summed E-state index contributed by atoms with van der Waals surface area (Å²) in [6.07, 6.45) is 0.595. The second kappa shape index (κ2) is 7.10. The first-order valence-electron chi connectivity index (χ1n) is 9.22. The normalized spacial score (nSPS) is 18.4. The summed E-state index contributed by atoms with van der Waals surface area (Å²) in [5.41, 5.74) is -0.421. The first kappa shape index (κ1) is 20.9. The summed E-state index contributed by atoms with van der Waals surface area (Å²) in [4.78, 5) is 24.4. The number of nitrogens with zero attached hydrogens (tertiary/aromatic N) is 4. The lowest BCUT2D eigenvalue weighted by molar-refractivity contribution is -0.0266. The minimum atomic E-state index is -0.563. The Morgan fingerprint density at radius 1 is 1.28 bits per heavy atom. The highest BCUT2D eigenvalue weighted by Crippen LogP contribution is 2.43. The number of carbonyl (C=O) groups excluding carboxylic acids is 1. The van der Waals surface area contributed by atoms with Gasteiger partial charge >= 0.3 is 6.09 Å². The number of anilines is 1. The molecule has 2 fully saturated rings. The largest absolute Gasteiger partial charge is 0.444 e. The van der Waals surface area contributed by atoms with Gasteiger partial charge < -0.3 is 14.5 Å². The number of aromatic nitrogens is 2. The Bertz CT molecular complexity index is 1010. The van der Waals surface area contributed by atoms with E-state index in [1.54, 1.807) is 11.0 Å². The van der Waals surface area contributed by atoms with Crippen LogP contribution in [0.2, 0.25) is 10.3 Å². The number of hydrogen-bond donors (Lipinski definition) is 0. The average Bonchev–Trinajstić information content (AvgIpc) is 3.03. The summed E-state index contributed by atoms with van der Waals surface area (Å²) in [6, 6.07) is 1.65. The minimum absolute atomic E-state index is 0.0226. The van der Waals surface area contributed by atoms with Gasteiger partial charge in [0, 0.05) is 37.0 Å². The second-order valence-corrected chi connectivity index (χ2v) is 10.2. The van der Waals surface area contributed by atoms with Gasteiger partial charge in [-0.05, 0) is 60.8 Å². The number of carbonyl (C=O) groups is 1. The molecular formula is C19H20BrCl2FN4O2. The molecule has 2 saturated heterocycles. The molecule has 1 spiro atoms. The van der Waals surface area contributed by atoms with Gasteiger partial charge in [0.25, 0.3) is 0 Å². The first-order chi connectivity index (χ1) is 13.5. The number of amides is 1. The van der Waals surface area contributed by atoms with Crippen LogP contribution in [0.3, 0.4) is 0 Å². The Morgan fingerprint density at radius 2 is 1.97 bits per heavy atom. The fourth-order valence-corrected chi connectivity index (χ4v) is 4.62. The molecule has 0 radical (unpaired) electrons. The molecule has 10 heteroatoms. The Kier molecular flexibility index (Phi) is 5.11. The predicted molar refractivity (Wildman–Crippen MR) is 114 cm³/mol. The molecular weight excluding hydrogens is 486 g/mol. The maximum absolute atomic E-state index is 14.7. The zero-order chi connectivity index (χ0) is 21.1. The first-order valence-corrected chi connectivity index (χ1v) is 10.8. The van der Waals surface area contributed by atoms with Crippen LogP contribution in [-0.2, 0) is 4.74 Å². The van der Waals surface area contributed by atoms with Gasteiger partial charge in [0.1, 0.15) is 16.9 Å². The summed E-state index contributed by atoms with van der Waals surface area (Å²) in [5, 5.41) is 0.738. The van der Waals surface area contributed by atoms with Crippen molar-refractivity contribution in [3.8, 4) is 0 Å². The molecule has 2 aromatic rings. The lowest BCUT2D eigenvalue weighted by atomic mass is 9.79. The molecule has 2 aliphatic heterocycles. The van der Waals surface area contributed by atoms with E-state index in [9.17, 15) is 9.18 Å². The van der Waals surface area contributed by atoms with Crippen LogP contribution >= 0.6 is 39.1 Å². The maximum Gasteiger partial charge on any atom is 0.410 e. The quantitative estimate of drug-likeness (QED) is 0.389. The van der Waals surface area contributed by atoms with Crippen LogP contribution in [0.15, 0.2) is 10.5 Å². The van der Waals surface area contributed by atoms with Gasteiger partial charge in [-0.3, -0.25) is 0 Å². The van der Waals surface area contributed by atoms with Gasteiger partial charge in [0.15, 0.2) is 5.82 Å². The molecule has 2 aliphatic rings. The van der Waals surface area contributed by atoms with Crippen molar-refractivity contribution in [2.24, 2.45) is 5.41 Å². The van der Waals surface area contributed by atoms with Crippen molar-refractivity contribution < 1.29 is 13.9 Å². The van der Waals surface area contributed by atoms with Crippen molar-refractivity contribution in [2.45, 2.75) is 32.8 Å². The summed E-state index contributed by atoms with van der Waals surface area (Å²) in [7, 11) is 0. The molecule has 0 saturated carbocycles. The molecule has 0 aliphatic carbocycles. The van der Waals surface area contributed by atoms with Gasteiger partial charge in [0.2, 0.25) is 5.28 Å². The molecule has 0 unspecified atom stereocenters. The van der Waals surface area contributed by atoms with Gasteiger partial charge in [-0.2, -0.15) is 4.98 Å². The topological polar surface area (TPSA) is 58.6 Å². The van der Waals surface area contributed by atoms with Crippen LogP contribution in [0.4, 0.5) is 15.0 Å². The molecule has 3 heterocycles. The monoisotopic (exact) mass is 504 g/mol. The lowest BCUT2D eigenvalue weighted by Gasteiger charge is -2.47. The summed E-state index contributed by atoms with van der Waals surface area (Å²) < 4.78 is 20.2. The highest BCUT2D eigenvalue weighted by molar-refractivity contribution is 9.10. The van der Waals surface area contributed by atoms with E-state index in [1.165, 1.54) is 0 Å². The molecule has 156 valence electrons.